The van der Waals surface area contributed by atoms with Crippen molar-refractivity contribution >= 4 is 5.82 Å². The third kappa shape index (κ3) is 3.55. The fraction of sp³-hybridized carbons (Fsp3) is 0.579. The van der Waals surface area contributed by atoms with Crippen LogP contribution < -0.4 is 5.32 Å². The molecule has 6 heteroatoms. The molecule has 4 heterocycles. The van der Waals surface area contributed by atoms with Gasteiger partial charge in [0.05, 0.1) is 11.8 Å². The van der Waals surface area contributed by atoms with E-state index in [1.807, 2.05) is 35.3 Å². The van der Waals surface area contributed by atoms with Crippen LogP contribution in [-0.4, -0.2) is 51.5 Å². The fourth-order valence-electron chi connectivity index (χ4n) is 4.13. The lowest BCUT2D eigenvalue weighted by atomic mass is 9.79. The lowest BCUT2D eigenvalue weighted by molar-refractivity contribution is -0.136. The molecule has 1 unspecified atom stereocenters. The predicted octanol–water partition coefficient (Wildman–Crippen LogP) is 2.39. The van der Waals surface area contributed by atoms with Gasteiger partial charge < -0.3 is 10.1 Å². The Morgan fingerprint density at radius 1 is 1.36 bits per heavy atom. The summed E-state index contributed by atoms with van der Waals surface area (Å²) < 4.78 is 8.17. The summed E-state index contributed by atoms with van der Waals surface area (Å²) >= 11 is 0. The standard InChI is InChI=1S/C19H27N5O/c1-2-24-13-16(11-22-24)12-23-14-19(15-23)17(7-10-25-19)6-9-21-18-5-3-4-8-20-18/h3-5,8,11,13,17H,2,6-7,9-10,12,14-15H2,1H3,(H,20,21). The van der Waals surface area contributed by atoms with Crippen molar-refractivity contribution in [1.29, 1.82) is 0 Å². The maximum Gasteiger partial charge on any atom is 0.125 e. The summed E-state index contributed by atoms with van der Waals surface area (Å²) in [4.78, 5) is 6.80. The molecule has 1 spiro atoms. The fourth-order valence-corrected chi connectivity index (χ4v) is 4.13. The number of ether oxygens (including phenoxy) is 1. The highest BCUT2D eigenvalue weighted by Gasteiger charge is 2.52. The summed E-state index contributed by atoms with van der Waals surface area (Å²) in [6.07, 6.45) is 8.27. The summed E-state index contributed by atoms with van der Waals surface area (Å²) in [5, 5.41) is 7.79. The number of rotatable bonds is 7. The van der Waals surface area contributed by atoms with E-state index in [9.17, 15) is 0 Å². The van der Waals surface area contributed by atoms with Crippen molar-refractivity contribution in [2.24, 2.45) is 5.92 Å². The highest BCUT2D eigenvalue weighted by Crippen LogP contribution is 2.42. The molecule has 2 fully saturated rings. The SMILES string of the molecule is CCn1cc(CN2CC3(C2)OCCC3CCNc2ccccn2)cn1. The lowest BCUT2D eigenvalue weighted by Gasteiger charge is -2.50. The number of hydrogen-bond donors (Lipinski definition) is 1. The van der Waals surface area contributed by atoms with Crippen LogP contribution in [0.25, 0.3) is 0 Å². The first kappa shape index (κ1) is 16.5. The van der Waals surface area contributed by atoms with Crippen molar-refractivity contribution < 1.29 is 4.74 Å². The molecule has 4 rings (SSSR count). The molecular formula is C19H27N5O. The van der Waals surface area contributed by atoms with Crippen molar-refractivity contribution in [2.45, 2.75) is 38.5 Å². The van der Waals surface area contributed by atoms with Gasteiger partial charge in [0.25, 0.3) is 0 Å². The van der Waals surface area contributed by atoms with E-state index in [-0.39, 0.29) is 5.60 Å². The highest BCUT2D eigenvalue weighted by atomic mass is 16.5. The minimum atomic E-state index is 0.0759. The number of aryl methyl sites for hydroxylation is 1. The third-order valence-electron chi connectivity index (χ3n) is 5.46. The zero-order chi connectivity index (χ0) is 17.1. The minimum Gasteiger partial charge on any atom is -0.372 e. The summed E-state index contributed by atoms with van der Waals surface area (Å²) in [6, 6.07) is 5.97. The molecule has 2 aromatic heterocycles. The van der Waals surface area contributed by atoms with Crippen molar-refractivity contribution in [2.75, 3.05) is 31.6 Å². The van der Waals surface area contributed by atoms with Crippen LogP contribution in [0, 0.1) is 5.92 Å². The Morgan fingerprint density at radius 3 is 3.04 bits per heavy atom. The summed E-state index contributed by atoms with van der Waals surface area (Å²) in [6.45, 7) is 7.96. The number of nitrogens with one attached hydrogen (secondary N) is 1. The third-order valence-corrected chi connectivity index (χ3v) is 5.46. The van der Waals surface area contributed by atoms with Crippen LogP contribution in [0.4, 0.5) is 5.82 Å². The number of pyridine rings is 1. The molecule has 134 valence electrons. The van der Waals surface area contributed by atoms with E-state index in [1.54, 1.807) is 0 Å². The first-order valence-corrected chi connectivity index (χ1v) is 9.30. The minimum absolute atomic E-state index is 0.0759. The molecule has 1 atom stereocenters. The van der Waals surface area contributed by atoms with Gasteiger partial charge in [0.15, 0.2) is 0 Å². The second-order valence-electron chi connectivity index (χ2n) is 7.18. The second kappa shape index (κ2) is 7.14. The van der Waals surface area contributed by atoms with Crippen LogP contribution in [0.5, 0.6) is 0 Å². The second-order valence-corrected chi connectivity index (χ2v) is 7.18. The molecule has 0 amide bonds. The molecule has 0 saturated carbocycles. The van der Waals surface area contributed by atoms with Gasteiger partial charge in [-0.05, 0) is 37.8 Å². The summed E-state index contributed by atoms with van der Waals surface area (Å²) in [7, 11) is 0. The molecule has 6 nitrogen and oxygen atoms in total. The average Bonchev–Trinajstić information content (AvgIpc) is 3.23. The van der Waals surface area contributed by atoms with Crippen LogP contribution in [0.15, 0.2) is 36.8 Å². The van der Waals surface area contributed by atoms with Gasteiger partial charge in [-0.1, -0.05) is 6.07 Å². The molecule has 0 aromatic carbocycles. The molecule has 2 aliphatic rings. The zero-order valence-corrected chi connectivity index (χ0v) is 14.9. The van der Waals surface area contributed by atoms with Crippen molar-refractivity contribution in [3.8, 4) is 0 Å². The zero-order valence-electron chi connectivity index (χ0n) is 14.9. The Labute approximate surface area is 149 Å². The normalized spacial score (nSPS) is 22.2. The molecule has 2 aliphatic heterocycles. The van der Waals surface area contributed by atoms with Gasteiger partial charge in [-0.15, -0.1) is 0 Å². The molecule has 2 saturated heterocycles. The largest absolute Gasteiger partial charge is 0.372 e. The molecule has 0 aliphatic carbocycles. The van der Waals surface area contributed by atoms with E-state index < -0.39 is 0 Å². The Bertz CT molecular complexity index is 680. The topological polar surface area (TPSA) is 55.2 Å². The number of aromatic nitrogens is 3. The number of hydrogen-bond acceptors (Lipinski definition) is 5. The molecule has 0 radical (unpaired) electrons. The van der Waals surface area contributed by atoms with Gasteiger partial charge in [0, 0.05) is 57.3 Å². The van der Waals surface area contributed by atoms with Gasteiger partial charge in [-0.25, -0.2) is 4.98 Å². The first-order chi connectivity index (χ1) is 12.3. The summed E-state index contributed by atoms with van der Waals surface area (Å²) in [5.74, 6) is 1.59. The van der Waals surface area contributed by atoms with E-state index in [0.29, 0.717) is 5.92 Å². The molecular weight excluding hydrogens is 314 g/mol. The van der Waals surface area contributed by atoms with Crippen LogP contribution in [0.1, 0.15) is 25.3 Å². The van der Waals surface area contributed by atoms with Crippen molar-refractivity contribution in [3.63, 3.8) is 0 Å². The first-order valence-electron chi connectivity index (χ1n) is 9.30. The Kier molecular flexibility index (Phi) is 4.72. The molecule has 0 bridgehead atoms. The van der Waals surface area contributed by atoms with Crippen LogP contribution in [-0.2, 0) is 17.8 Å². The maximum atomic E-state index is 6.18. The van der Waals surface area contributed by atoms with Gasteiger partial charge in [0.1, 0.15) is 5.82 Å². The van der Waals surface area contributed by atoms with Gasteiger partial charge in [-0.3, -0.25) is 9.58 Å². The number of nitrogens with zero attached hydrogens (tertiary/aromatic N) is 4. The van der Waals surface area contributed by atoms with Gasteiger partial charge in [-0.2, -0.15) is 5.10 Å². The number of likely N-dealkylation sites (tertiary alicyclic amines) is 1. The highest BCUT2D eigenvalue weighted by molar-refractivity contribution is 5.32. The molecule has 25 heavy (non-hydrogen) atoms. The number of anilines is 1. The monoisotopic (exact) mass is 341 g/mol. The van der Waals surface area contributed by atoms with Gasteiger partial charge >= 0.3 is 0 Å². The average molecular weight is 341 g/mol. The Hall–Kier alpha value is -1.92. The van der Waals surface area contributed by atoms with Crippen LogP contribution in [0.2, 0.25) is 0 Å². The summed E-state index contributed by atoms with van der Waals surface area (Å²) in [5.41, 5.74) is 1.37. The van der Waals surface area contributed by atoms with E-state index in [4.69, 9.17) is 4.74 Å². The Balaban J connectivity index is 1.26. The van der Waals surface area contributed by atoms with Crippen LogP contribution >= 0.6 is 0 Å². The van der Waals surface area contributed by atoms with Crippen molar-refractivity contribution in [1.82, 2.24) is 19.7 Å². The quantitative estimate of drug-likeness (QED) is 0.838. The maximum absolute atomic E-state index is 6.18. The van der Waals surface area contributed by atoms with E-state index in [0.717, 1.165) is 51.6 Å². The molecule has 2 aromatic rings. The Morgan fingerprint density at radius 2 is 2.28 bits per heavy atom. The van der Waals surface area contributed by atoms with Crippen molar-refractivity contribution in [3.05, 3.63) is 42.4 Å². The predicted molar refractivity (Wildman–Crippen MR) is 97.3 cm³/mol. The van der Waals surface area contributed by atoms with Crippen LogP contribution in [0.3, 0.4) is 0 Å². The van der Waals surface area contributed by atoms with E-state index >= 15 is 0 Å². The smallest absolute Gasteiger partial charge is 0.125 e. The van der Waals surface area contributed by atoms with Gasteiger partial charge in [0.2, 0.25) is 0 Å². The van der Waals surface area contributed by atoms with E-state index in [1.165, 1.54) is 12.0 Å². The molecule has 1 N–H and O–H groups in total. The lowest BCUT2D eigenvalue weighted by Crippen LogP contribution is -2.64. The van der Waals surface area contributed by atoms with E-state index in [2.05, 4.69) is 33.4 Å².